The van der Waals surface area contributed by atoms with Gasteiger partial charge in [0.15, 0.2) is 0 Å². The van der Waals surface area contributed by atoms with E-state index in [1.165, 1.54) is 0 Å². The molecule has 1 unspecified atom stereocenters. The van der Waals surface area contributed by atoms with Gasteiger partial charge in [-0.15, -0.1) is 0 Å². The van der Waals surface area contributed by atoms with Crippen LogP contribution in [0.3, 0.4) is 0 Å². The second kappa shape index (κ2) is 5.12. The highest BCUT2D eigenvalue weighted by Gasteiger charge is 2.07. The van der Waals surface area contributed by atoms with Gasteiger partial charge < -0.3 is 15.0 Å². The first-order chi connectivity index (χ1) is 6.65. The van der Waals surface area contributed by atoms with Crippen molar-refractivity contribution in [1.82, 2.24) is 14.9 Å². The van der Waals surface area contributed by atoms with Crippen LogP contribution in [-0.2, 0) is 6.54 Å². The Morgan fingerprint density at radius 2 is 2.29 bits per heavy atom. The van der Waals surface area contributed by atoms with E-state index in [0.29, 0.717) is 13.1 Å². The number of imidazole rings is 1. The number of aromatic nitrogens is 2. The van der Waals surface area contributed by atoms with E-state index in [1.54, 1.807) is 6.33 Å². The highest BCUT2D eigenvalue weighted by atomic mass is 16.3. The summed E-state index contributed by atoms with van der Waals surface area (Å²) >= 11 is 0. The monoisotopic (exact) mass is 197 g/mol. The standard InChI is InChI=1S/C10H19N3O/c1-4-11-5-10(14)6-13-7-12-8(2)9(13)3/h7,10-11,14H,4-6H2,1-3H3. The van der Waals surface area contributed by atoms with Gasteiger partial charge in [-0.2, -0.15) is 0 Å². The zero-order valence-electron chi connectivity index (χ0n) is 9.12. The summed E-state index contributed by atoms with van der Waals surface area (Å²) in [6.45, 7) is 8.15. The Balaban J connectivity index is 2.47. The molecule has 2 N–H and O–H groups in total. The number of rotatable bonds is 5. The van der Waals surface area contributed by atoms with Gasteiger partial charge in [0.05, 0.1) is 24.7 Å². The van der Waals surface area contributed by atoms with Crippen LogP contribution in [0.15, 0.2) is 6.33 Å². The minimum absolute atomic E-state index is 0.345. The van der Waals surface area contributed by atoms with E-state index in [2.05, 4.69) is 10.3 Å². The van der Waals surface area contributed by atoms with Crippen LogP contribution in [0.25, 0.3) is 0 Å². The fraction of sp³-hybridized carbons (Fsp3) is 0.700. The van der Waals surface area contributed by atoms with E-state index in [4.69, 9.17) is 0 Å². The number of aryl methyl sites for hydroxylation is 1. The number of hydrogen-bond donors (Lipinski definition) is 2. The lowest BCUT2D eigenvalue weighted by Gasteiger charge is -2.12. The number of nitrogens with one attached hydrogen (secondary N) is 1. The summed E-state index contributed by atoms with van der Waals surface area (Å²) in [6.07, 6.45) is 1.43. The molecule has 1 rings (SSSR count). The molecule has 0 saturated heterocycles. The van der Waals surface area contributed by atoms with Gasteiger partial charge in [-0.1, -0.05) is 6.92 Å². The molecule has 0 spiro atoms. The number of likely N-dealkylation sites (N-methyl/N-ethyl adjacent to an activating group) is 1. The maximum absolute atomic E-state index is 9.66. The molecule has 0 bridgehead atoms. The lowest BCUT2D eigenvalue weighted by Crippen LogP contribution is -2.30. The van der Waals surface area contributed by atoms with Crippen LogP contribution in [0.5, 0.6) is 0 Å². The molecular formula is C10H19N3O. The van der Waals surface area contributed by atoms with Crippen molar-refractivity contribution in [1.29, 1.82) is 0 Å². The third-order valence-corrected chi connectivity index (χ3v) is 2.38. The van der Waals surface area contributed by atoms with Crippen molar-refractivity contribution in [2.24, 2.45) is 0 Å². The molecule has 14 heavy (non-hydrogen) atoms. The van der Waals surface area contributed by atoms with E-state index < -0.39 is 0 Å². The first-order valence-corrected chi connectivity index (χ1v) is 5.02. The summed E-state index contributed by atoms with van der Waals surface area (Å²) in [5.74, 6) is 0. The molecule has 4 nitrogen and oxygen atoms in total. The number of hydrogen-bond acceptors (Lipinski definition) is 3. The van der Waals surface area contributed by atoms with Crippen molar-refractivity contribution >= 4 is 0 Å². The highest BCUT2D eigenvalue weighted by molar-refractivity contribution is 5.08. The Hall–Kier alpha value is -0.870. The molecule has 0 amide bonds. The van der Waals surface area contributed by atoms with Crippen LogP contribution >= 0.6 is 0 Å². The zero-order chi connectivity index (χ0) is 10.6. The first kappa shape index (κ1) is 11.2. The molecule has 4 heteroatoms. The summed E-state index contributed by atoms with van der Waals surface area (Å²) in [4.78, 5) is 4.18. The smallest absolute Gasteiger partial charge is 0.0952 e. The van der Waals surface area contributed by atoms with E-state index in [0.717, 1.165) is 17.9 Å². The fourth-order valence-electron chi connectivity index (χ4n) is 1.33. The molecular weight excluding hydrogens is 178 g/mol. The summed E-state index contributed by atoms with van der Waals surface area (Å²) in [6, 6.07) is 0. The summed E-state index contributed by atoms with van der Waals surface area (Å²) in [7, 11) is 0. The van der Waals surface area contributed by atoms with Crippen molar-refractivity contribution in [3.63, 3.8) is 0 Å². The Morgan fingerprint density at radius 3 is 2.79 bits per heavy atom. The van der Waals surface area contributed by atoms with Crippen LogP contribution in [-0.4, -0.2) is 33.9 Å². The minimum Gasteiger partial charge on any atom is -0.390 e. The maximum Gasteiger partial charge on any atom is 0.0952 e. The predicted octanol–water partition coefficient (Wildman–Crippen LogP) is 0.470. The van der Waals surface area contributed by atoms with Gasteiger partial charge in [-0.3, -0.25) is 0 Å². The van der Waals surface area contributed by atoms with Gasteiger partial charge >= 0.3 is 0 Å². The third kappa shape index (κ3) is 2.82. The molecule has 0 aromatic carbocycles. The molecule has 0 aliphatic heterocycles. The molecule has 80 valence electrons. The molecule has 0 saturated carbocycles. The van der Waals surface area contributed by atoms with Crippen molar-refractivity contribution in [2.45, 2.75) is 33.4 Å². The van der Waals surface area contributed by atoms with Gasteiger partial charge in [0.1, 0.15) is 0 Å². The normalized spacial score (nSPS) is 13.1. The van der Waals surface area contributed by atoms with Crippen molar-refractivity contribution in [3.8, 4) is 0 Å². The topological polar surface area (TPSA) is 50.1 Å². The Labute approximate surface area is 85.0 Å². The van der Waals surface area contributed by atoms with Crippen molar-refractivity contribution in [2.75, 3.05) is 13.1 Å². The summed E-state index contributed by atoms with van der Waals surface area (Å²) in [5, 5.41) is 12.8. The molecule has 0 aliphatic carbocycles. The van der Waals surface area contributed by atoms with Gasteiger partial charge in [0.25, 0.3) is 0 Å². The maximum atomic E-state index is 9.66. The van der Waals surface area contributed by atoms with E-state index in [1.807, 2.05) is 25.3 Å². The summed E-state index contributed by atoms with van der Waals surface area (Å²) < 4.78 is 1.98. The lowest BCUT2D eigenvalue weighted by atomic mass is 10.3. The van der Waals surface area contributed by atoms with E-state index in [9.17, 15) is 5.11 Å². The Bertz CT molecular complexity index is 283. The van der Waals surface area contributed by atoms with E-state index in [-0.39, 0.29) is 6.10 Å². The van der Waals surface area contributed by atoms with E-state index >= 15 is 0 Å². The molecule has 0 aliphatic rings. The highest BCUT2D eigenvalue weighted by Crippen LogP contribution is 2.04. The number of aliphatic hydroxyl groups excluding tert-OH is 1. The van der Waals surface area contributed by atoms with Crippen molar-refractivity contribution in [3.05, 3.63) is 17.7 Å². The second-order valence-corrected chi connectivity index (χ2v) is 3.53. The van der Waals surface area contributed by atoms with Gasteiger partial charge in [-0.05, 0) is 20.4 Å². The van der Waals surface area contributed by atoms with Crippen LogP contribution in [0, 0.1) is 13.8 Å². The summed E-state index contributed by atoms with van der Waals surface area (Å²) in [5.41, 5.74) is 2.15. The average molecular weight is 197 g/mol. The number of nitrogens with zero attached hydrogens (tertiary/aromatic N) is 2. The van der Waals surface area contributed by atoms with Crippen LogP contribution in [0.1, 0.15) is 18.3 Å². The first-order valence-electron chi connectivity index (χ1n) is 5.02. The molecule has 0 fully saturated rings. The second-order valence-electron chi connectivity index (χ2n) is 3.53. The zero-order valence-corrected chi connectivity index (χ0v) is 9.12. The fourth-order valence-corrected chi connectivity index (χ4v) is 1.33. The third-order valence-electron chi connectivity index (χ3n) is 2.38. The molecule has 0 radical (unpaired) electrons. The van der Waals surface area contributed by atoms with Crippen LogP contribution in [0.4, 0.5) is 0 Å². The van der Waals surface area contributed by atoms with Gasteiger partial charge in [-0.25, -0.2) is 4.98 Å². The molecule has 1 aromatic heterocycles. The van der Waals surface area contributed by atoms with Gasteiger partial charge in [0.2, 0.25) is 0 Å². The molecule has 1 atom stereocenters. The van der Waals surface area contributed by atoms with Crippen molar-refractivity contribution < 1.29 is 5.11 Å². The van der Waals surface area contributed by atoms with Gasteiger partial charge in [0, 0.05) is 12.2 Å². The average Bonchev–Trinajstić information content (AvgIpc) is 2.46. The lowest BCUT2D eigenvalue weighted by molar-refractivity contribution is 0.151. The number of aliphatic hydroxyl groups is 1. The largest absolute Gasteiger partial charge is 0.390 e. The molecule has 1 aromatic rings. The van der Waals surface area contributed by atoms with Crippen LogP contribution in [0.2, 0.25) is 0 Å². The predicted molar refractivity (Wildman–Crippen MR) is 56.3 cm³/mol. The minimum atomic E-state index is -0.345. The Kier molecular flexibility index (Phi) is 4.10. The SMILES string of the molecule is CCNCC(O)Cn1cnc(C)c1C. The van der Waals surface area contributed by atoms with Crippen LogP contribution < -0.4 is 5.32 Å². The Morgan fingerprint density at radius 1 is 1.57 bits per heavy atom. The molecule has 1 heterocycles. The quantitative estimate of drug-likeness (QED) is 0.721.